The Morgan fingerprint density at radius 3 is 1.94 bits per heavy atom. The molecule has 16 atom stereocenters. The zero-order valence-corrected chi connectivity index (χ0v) is 33.5. The molecule has 12 nitrogen and oxygen atoms in total. The molecule has 3 rings (SSSR count). The van der Waals surface area contributed by atoms with Crippen molar-refractivity contribution in [2.24, 2.45) is 29.6 Å². The number of esters is 1. The van der Waals surface area contributed by atoms with Gasteiger partial charge in [-0.15, -0.1) is 0 Å². The Balaban J connectivity index is 0.00000301. The van der Waals surface area contributed by atoms with Gasteiger partial charge >= 0.3 is 5.97 Å². The van der Waals surface area contributed by atoms with Crippen molar-refractivity contribution < 1.29 is 53.7 Å². The zero-order valence-electron chi connectivity index (χ0n) is 33.5. The van der Waals surface area contributed by atoms with Gasteiger partial charge in [-0.1, -0.05) is 48.5 Å². The highest BCUT2D eigenvalue weighted by Crippen LogP contribution is 2.36. The number of hydrogen-bond acceptors (Lipinski definition) is 12. The summed E-state index contributed by atoms with van der Waals surface area (Å²) in [5.41, 5.74) is -1.44. The minimum Gasteiger partial charge on any atom is -0.459 e. The van der Waals surface area contributed by atoms with Crippen LogP contribution in [0.15, 0.2) is 0 Å². The van der Waals surface area contributed by atoms with Gasteiger partial charge < -0.3 is 49.0 Å². The summed E-state index contributed by atoms with van der Waals surface area (Å²) >= 11 is 0. The summed E-state index contributed by atoms with van der Waals surface area (Å²) in [5, 5.41) is 40.8. The van der Waals surface area contributed by atoms with Crippen LogP contribution in [0.25, 0.3) is 0 Å². The second-order valence-corrected chi connectivity index (χ2v) is 15.2. The SMILES string of the molecule is CC.CCC1OC(=O)C(C)C(O[C@H]2CC(C)[C@@H](O)C(C)O2)C(C)[C@@H](OC2CC(N(C)C)CC(C)O2)C(O)C[C@@H](C)C(=O)[C@H](C)C[C@]1(C)O.CO. The van der Waals surface area contributed by atoms with E-state index in [1.54, 1.807) is 34.6 Å². The number of carbonyl (C=O) groups is 2. The van der Waals surface area contributed by atoms with E-state index >= 15 is 0 Å². The molecule has 0 radical (unpaired) electrons. The van der Waals surface area contributed by atoms with Gasteiger partial charge in [-0.25, -0.2) is 0 Å². The Bertz CT molecular complexity index is 984. The van der Waals surface area contributed by atoms with E-state index in [2.05, 4.69) is 4.90 Å². The molecule has 0 bridgehead atoms. The van der Waals surface area contributed by atoms with Crippen LogP contribution in [0.2, 0.25) is 0 Å². The van der Waals surface area contributed by atoms with E-state index in [1.807, 2.05) is 55.6 Å². The molecule has 3 aliphatic heterocycles. The van der Waals surface area contributed by atoms with Crippen molar-refractivity contribution in [2.75, 3.05) is 21.2 Å². The van der Waals surface area contributed by atoms with Crippen LogP contribution in [-0.4, -0.2) is 125 Å². The minimum atomic E-state index is -1.44. The fourth-order valence-corrected chi connectivity index (χ4v) is 7.73. The van der Waals surface area contributed by atoms with Crippen LogP contribution in [0, 0.1) is 29.6 Å². The van der Waals surface area contributed by atoms with Gasteiger partial charge in [0.15, 0.2) is 12.6 Å². The fraction of sp³-hybridized carbons (Fsp3) is 0.947. The number of ketones is 1. The van der Waals surface area contributed by atoms with Gasteiger partial charge in [0.25, 0.3) is 0 Å². The summed E-state index contributed by atoms with van der Waals surface area (Å²) in [6.07, 6.45) is -3.72. The summed E-state index contributed by atoms with van der Waals surface area (Å²) in [7, 11) is 5.04. The average molecular weight is 720 g/mol. The van der Waals surface area contributed by atoms with E-state index in [9.17, 15) is 24.9 Å². The number of carbonyl (C=O) groups excluding carboxylic acids is 2. The maximum absolute atomic E-state index is 13.9. The number of Topliss-reactive ketones (excluding diaryl/α,β-unsaturated/α-hetero) is 1. The van der Waals surface area contributed by atoms with Crippen LogP contribution in [0.5, 0.6) is 0 Å². The first kappa shape index (κ1) is 46.8. The predicted molar refractivity (Wildman–Crippen MR) is 192 cm³/mol. The van der Waals surface area contributed by atoms with Crippen molar-refractivity contribution in [1.29, 1.82) is 0 Å². The lowest BCUT2D eigenvalue weighted by Crippen LogP contribution is -2.53. The quantitative estimate of drug-likeness (QED) is 0.288. The zero-order chi connectivity index (χ0) is 38.7. The van der Waals surface area contributed by atoms with Gasteiger partial charge in [0.05, 0.1) is 48.1 Å². The monoisotopic (exact) mass is 720 g/mol. The Hall–Kier alpha value is -1.22. The van der Waals surface area contributed by atoms with Crippen LogP contribution in [-0.2, 0) is 33.3 Å². The van der Waals surface area contributed by atoms with E-state index < -0.39 is 84.4 Å². The molecule has 4 N–H and O–H groups in total. The molecule has 0 aromatic heterocycles. The van der Waals surface area contributed by atoms with E-state index in [-0.39, 0.29) is 36.7 Å². The number of aliphatic hydroxyl groups is 4. The lowest BCUT2D eigenvalue weighted by molar-refractivity contribution is -0.281. The van der Waals surface area contributed by atoms with Crippen LogP contribution in [0.3, 0.4) is 0 Å². The van der Waals surface area contributed by atoms with Crippen molar-refractivity contribution in [3.63, 3.8) is 0 Å². The van der Waals surface area contributed by atoms with Crippen LogP contribution in [0.1, 0.15) is 115 Å². The third kappa shape index (κ3) is 12.7. The summed E-state index contributed by atoms with van der Waals surface area (Å²) in [4.78, 5) is 29.6. The van der Waals surface area contributed by atoms with E-state index in [4.69, 9.17) is 28.8 Å². The normalized spacial score (nSPS) is 43.8. The standard InChI is InChI=1S/C35H63NO10.C2H6.CH4O/c1-12-27-35(9,41)17-20(4)30(38)18(2)13-26(37)33(46-29-16-25(36(10)11)15-21(5)42-29)22(6)32(23(7)34(40)44-27)45-28-14-19(3)31(39)24(8)43-28;2*1-2/h18-29,31-33,37,39,41H,12-17H2,1-11H3;1-2H3;2H,1H3/t18-,19?,20-,21?,22?,23?,24?,25?,26?,27?,28+,29?,31-,32?,33-,35+;;/m1../s1. The summed E-state index contributed by atoms with van der Waals surface area (Å²) in [6.45, 7) is 20.3. The van der Waals surface area contributed by atoms with E-state index in [1.165, 1.54) is 0 Å². The van der Waals surface area contributed by atoms with Gasteiger partial charge in [0.1, 0.15) is 11.9 Å². The van der Waals surface area contributed by atoms with Crippen molar-refractivity contribution in [3.8, 4) is 0 Å². The van der Waals surface area contributed by atoms with Crippen LogP contribution < -0.4 is 0 Å². The topological polar surface area (TPSA) is 164 Å². The van der Waals surface area contributed by atoms with Crippen LogP contribution in [0.4, 0.5) is 0 Å². The number of aliphatic hydroxyl groups excluding tert-OH is 3. The highest BCUT2D eigenvalue weighted by atomic mass is 16.7. The maximum atomic E-state index is 13.9. The first-order chi connectivity index (χ1) is 23.4. The molecule has 0 aromatic rings. The Morgan fingerprint density at radius 1 is 0.840 bits per heavy atom. The number of hydrogen-bond donors (Lipinski definition) is 4. The Morgan fingerprint density at radius 2 is 1.40 bits per heavy atom. The first-order valence-corrected chi connectivity index (χ1v) is 18.9. The van der Waals surface area contributed by atoms with Gasteiger partial charge in [-0.05, 0) is 73.4 Å². The summed E-state index contributed by atoms with van der Waals surface area (Å²) < 4.78 is 31.5. The predicted octanol–water partition coefficient (Wildman–Crippen LogP) is 4.32. The van der Waals surface area contributed by atoms with Gasteiger partial charge in [-0.3, -0.25) is 9.59 Å². The molecule has 0 amide bonds. The largest absolute Gasteiger partial charge is 0.459 e. The minimum absolute atomic E-state index is 0.0665. The van der Waals surface area contributed by atoms with Crippen molar-refractivity contribution >= 4 is 11.8 Å². The van der Waals surface area contributed by atoms with Gasteiger partial charge in [0.2, 0.25) is 0 Å². The summed E-state index contributed by atoms with van der Waals surface area (Å²) in [5.74, 6) is -3.21. The summed E-state index contributed by atoms with van der Waals surface area (Å²) in [6, 6.07) is 0.214. The third-order valence-corrected chi connectivity index (χ3v) is 10.7. The number of ether oxygens (including phenoxy) is 5. The molecular weight excluding hydrogens is 646 g/mol. The van der Waals surface area contributed by atoms with Crippen molar-refractivity contribution in [3.05, 3.63) is 0 Å². The lowest BCUT2D eigenvalue weighted by Gasteiger charge is -2.44. The van der Waals surface area contributed by atoms with Crippen molar-refractivity contribution in [2.45, 2.75) is 182 Å². The fourth-order valence-electron chi connectivity index (χ4n) is 7.73. The highest BCUT2D eigenvalue weighted by molar-refractivity contribution is 5.83. The molecule has 3 heterocycles. The third-order valence-electron chi connectivity index (χ3n) is 10.7. The second-order valence-electron chi connectivity index (χ2n) is 15.2. The molecule has 50 heavy (non-hydrogen) atoms. The molecule has 0 aromatic carbocycles. The molecule has 3 fully saturated rings. The highest BCUT2D eigenvalue weighted by Gasteiger charge is 2.46. The Kier molecular flexibility index (Phi) is 20.1. The maximum Gasteiger partial charge on any atom is 0.311 e. The first-order valence-electron chi connectivity index (χ1n) is 18.9. The Labute approximate surface area is 302 Å². The molecular formula is C38H73NO11. The van der Waals surface area contributed by atoms with Crippen LogP contribution >= 0.6 is 0 Å². The molecule has 3 saturated heterocycles. The molecule has 0 aliphatic carbocycles. The van der Waals surface area contributed by atoms with E-state index in [0.29, 0.717) is 19.3 Å². The van der Waals surface area contributed by atoms with E-state index in [0.717, 1.165) is 13.5 Å². The number of cyclic esters (lactones) is 1. The smallest absolute Gasteiger partial charge is 0.311 e. The second kappa shape index (κ2) is 21.5. The number of rotatable bonds is 6. The molecule has 3 aliphatic rings. The molecule has 0 spiro atoms. The number of nitrogens with zero attached hydrogens (tertiary/aromatic N) is 1. The molecule has 12 heteroatoms. The van der Waals surface area contributed by atoms with Gasteiger partial charge in [0, 0.05) is 43.7 Å². The molecule has 10 unspecified atom stereocenters. The molecule has 296 valence electrons. The average Bonchev–Trinajstić information content (AvgIpc) is 3.06. The lowest BCUT2D eigenvalue weighted by atomic mass is 9.79. The molecule has 0 saturated carbocycles. The van der Waals surface area contributed by atoms with Crippen molar-refractivity contribution in [1.82, 2.24) is 4.90 Å². The van der Waals surface area contributed by atoms with Gasteiger partial charge in [-0.2, -0.15) is 0 Å².